The SMILES string of the molecule is CC(NC(=O)C1(NC(=O)C(F)(F)F)CC1)c1ccc(-c2cccc(F)c2N)cc1F. The second-order valence-corrected chi connectivity index (χ2v) is 7.17. The first-order chi connectivity index (χ1) is 13.9. The molecule has 1 aliphatic carbocycles. The molecule has 10 heteroatoms. The molecular formula is C20H18F5N3O2. The fourth-order valence-corrected chi connectivity index (χ4v) is 3.07. The van der Waals surface area contributed by atoms with Crippen molar-refractivity contribution in [3.8, 4) is 11.1 Å². The summed E-state index contributed by atoms with van der Waals surface area (Å²) in [6.45, 7) is 1.45. The van der Waals surface area contributed by atoms with E-state index in [-0.39, 0.29) is 24.1 Å². The molecule has 0 heterocycles. The van der Waals surface area contributed by atoms with Gasteiger partial charge in [-0.15, -0.1) is 0 Å². The van der Waals surface area contributed by atoms with Crippen LogP contribution in [-0.2, 0) is 9.59 Å². The third kappa shape index (κ3) is 4.22. The molecule has 2 amide bonds. The summed E-state index contributed by atoms with van der Waals surface area (Å²) in [5.41, 5.74) is 4.59. The van der Waals surface area contributed by atoms with E-state index >= 15 is 0 Å². The van der Waals surface area contributed by atoms with E-state index in [9.17, 15) is 31.5 Å². The minimum absolute atomic E-state index is 0.0492. The van der Waals surface area contributed by atoms with Crippen LogP contribution in [0.1, 0.15) is 31.4 Å². The van der Waals surface area contributed by atoms with Gasteiger partial charge in [0.15, 0.2) is 0 Å². The maximum atomic E-state index is 14.6. The Hall–Kier alpha value is -3.17. The molecule has 3 rings (SSSR count). The summed E-state index contributed by atoms with van der Waals surface area (Å²) in [5, 5.41) is 4.13. The Balaban J connectivity index is 1.74. The Morgan fingerprint density at radius 2 is 1.77 bits per heavy atom. The first kappa shape index (κ1) is 21.5. The summed E-state index contributed by atoms with van der Waals surface area (Å²) in [6.07, 6.45) is -5.01. The predicted molar refractivity (Wildman–Crippen MR) is 98.9 cm³/mol. The van der Waals surface area contributed by atoms with E-state index in [0.29, 0.717) is 11.1 Å². The zero-order valence-electron chi connectivity index (χ0n) is 15.7. The van der Waals surface area contributed by atoms with Crippen molar-refractivity contribution in [2.45, 2.75) is 37.5 Å². The highest BCUT2D eigenvalue weighted by Gasteiger charge is 2.55. The van der Waals surface area contributed by atoms with Gasteiger partial charge >= 0.3 is 12.1 Å². The van der Waals surface area contributed by atoms with Crippen molar-refractivity contribution in [1.82, 2.24) is 10.6 Å². The van der Waals surface area contributed by atoms with Crippen LogP contribution in [0.4, 0.5) is 27.6 Å². The van der Waals surface area contributed by atoms with Crippen molar-refractivity contribution in [2.75, 3.05) is 5.73 Å². The third-order valence-electron chi connectivity index (χ3n) is 4.97. The number of para-hydroxylation sites is 1. The van der Waals surface area contributed by atoms with Crippen LogP contribution in [0.2, 0.25) is 0 Å². The number of hydrogen-bond acceptors (Lipinski definition) is 3. The van der Waals surface area contributed by atoms with Gasteiger partial charge in [0.1, 0.15) is 17.2 Å². The molecule has 0 spiro atoms. The Bertz CT molecular complexity index is 1000. The first-order valence-electron chi connectivity index (χ1n) is 8.99. The molecule has 1 aliphatic rings. The zero-order valence-corrected chi connectivity index (χ0v) is 15.7. The maximum absolute atomic E-state index is 14.6. The number of nitrogens with two attached hydrogens (primary N) is 1. The number of alkyl halides is 3. The van der Waals surface area contributed by atoms with Crippen LogP contribution >= 0.6 is 0 Å². The third-order valence-corrected chi connectivity index (χ3v) is 4.97. The number of hydrogen-bond donors (Lipinski definition) is 3. The van der Waals surface area contributed by atoms with Gasteiger partial charge in [0.25, 0.3) is 0 Å². The first-order valence-corrected chi connectivity index (χ1v) is 8.99. The monoisotopic (exact) mass is 427 g/mol. The molecule has 2 aromatic carbocycles. The van der Waals surface area contributed by atoms with Crippen molar-refractivity contribution in [3.05, 3.63) is 53.6 Å². The number of carbonyl (C=O) groups excluding carboxylic acids is 2. The lowest BCUT2D eigenvalue weighted by Crippen LogP contribution is -2.53. The molecule has 30 heavy (non-hydrogen) atoms. The number of nitrogen functional groups attached to an aromatic ring is 1. The van der Waals surface area contributed by atoms with Crippen molar-refractivity contribution < 1.29 is 31.5 Å². The minimum Gasteiger partial charge on any atom is -0.396 e. The van der Waals surface area contributed by atoms with Gasteiger partial charge in [0.05, 0.1) is 11.7 Å². The predicted octanol–water partition coefficient (Wildman–Crippen LogP) is 3.60. The fraction of sp³-hybridized carbons (Fsp3) is 0.300. The molecule has 160 valence electrons. The highest BCUT2D eigenvalue weighted by Crippen LogP contribution is 2.37. The minimum atomic E-state index is -5.11. The summed E-state index contributed by atoms with van der Waals surface area (Å²) in [6, 6.07) is 7.22. The quantitative estimate of drug-likeness (QED) is 0.504. The van der Waals surface area contributed by atoms with Gasteiger partial charge in [-0.25, -0.2) is 8.78 Å². The molecule has 0 bridgehead atoms. The smallest absolute Gasteiger partial charge is 0.396 e. The summed E-state index contributed by atoms with van der Waals surface area (Å²) in [5.74, 6) is -4.39. The molecule has 1 fully saturated rings. The molecule has 0 aromatic heterocycles. The van der Waals surface area contributed by atoms with Gasteiger partial charge in [-0.2, -0.15) is 13.2 Å². The number of benzene rings is 2. The maximum Gasteiger partial charge on any atom is 0.471 e. The van der Waals surface area contributed by atoms with Crippen LogP contribution in [0.3, 0.4) is 0 Å². The van der Waals surface area contributed by atoms with E-state index in [0.717, 1.165) is 6.07 Å². The molecule has 1 saturated carbocycles. The molecule has 1 atom stereocenters. The van der Waals surface area contributed by atoms with E-state index in [2.05, 4.69) is 5.32 Å². The second kappa shape index (κ2) is 7.58. The van der Waals surface area contributed by atoms with Crippen molar-refractivity contribution in [3.63, 3.8) is 0 Å². The van der Waals surface area contributed by atoms with Crippen molar-refractivity contribution >= 4 is 17.5 Å². The van der Waals surface area contributed by atoms with Crippen LogP contribution in [0.5, 0.6) is 0 Å². The van der Waals surface area contributed by atoms with Crippen LogP contribution in [-0.4, -0.2) is 23.5 Å². The van der Waals surface area contributed by atoms with Crippen LogP contribution in [0.25, 0.3) is 11.1 Å². The van der Waals surface area contributed by atoms with Gasteiger partial charge in [-0.3, -0.25) is 9.59 Å². The van der Waals surface area contributed by atoms with Crippen LogP contribution < -0.4 is 16.4 Å². The average Bonchev–Trinajstić information content (AvgIpc) is 3.43. The Morgan fingerprint density at radius 3 is 2.33 bits per heavy atom. The summed E-state index contributed by atoms with van der Waals surface area (Å²) >= 11 is 0. The fourth-order valence-electron chi connectivity index (χ4n) is 3.07. The van der Waals surface area contributed by atoms with Crippen molar-refractivity contribution in [1.29, 1.82) is 0 Å². The standard InChI is InChI=1S/C20H18F5N3O2/c1-10(27-17(29)19(7-8-19)28-18(30)20(23,24)25)12-6-5-11(9-15(12)22)13-3-2-4-14(21)16(13)26/h2-6,9-10H,7-8,26H2,1H3,(H,27,29)(H,28,30). The Labute approximate surface area is 168 Å². The van der Waals surface area contributed by atoms with Crippen LogP contribution in [0, 0.1) is 11.6 Å². The lowest BCUT2D eigenvalue weighted by molar-refractivity contribution is -0.175. The highest BCUT2D eigenvalue weighted by molar-refractivity contribution is 5.95. The van der Waals surface area contributed by atoms with E-state index < -0.39 is 41.2 Å². The van der Waals surface area contributed by atoms with E-state index in [1.807, 2.05) is 0 Å². The lowest BCUT2D eigenvalue weighted by atomic mass is 9.99. The molecule has 2 aromatic rings. The zero-order chi connectivity index (χ0) is 22.3. The number of nitrogens with one attached hydrogen (secondary N) is 2. The molecular weight excluding hydrogens is 409 g/mol. The van der Waals surface area contributed by atoms with Crippen LogP contribution in [0.15, 0.2) is 36.4 Å². The highest BCUT2D eigenvalue weighted by atomic mass is 19.4. The normalized spacial score (nSPS) is 15.9. The Morgan fingerprint density at radius 1 is 1.10 bits per heavy atom. The lowest BCUT2D eigenvalue weighted by Gasteiger charge is -2.22. The van der Waals surface area contributed by atoms with Gasteiger partial charge in [0, 0.05) is 11.1 Å². The average molecular weight is 427 g/mol. The van der Waals surface area contributed by atoms with Gasteiger partial charge < -0.3 is 16.4 Å². The molecule has 0 saturated heterocycles. The Kier molecular flexibility index (Phi) is 5.44. The largest absolute Gasteiger partial charge is 0.471 e. The van der Waals surface area contributed by atoms with E-state index in [4.69, 9.17) is 5.73 Å². The second-order valence-electron chi connectivity index (χ2n) is 7.17. The number of rotatable bonds is 5. The van der Waals surface area contributed by atoms with Gasteiger partial charge in [0.2, 0.25) is 5.91 Å². The van der Waals surface area contributed by atoms with Gasteiger partial charge in [-0.1, -0.05) is 24.3 Å². The summed E-state index contributed by atoms with van der Waals surface area (Å²) in [7, 11) is 0. The van der Waals surface area contributed by atoms with E-state index in [1.54, 1.807) is 5.32 Å². The van der Waals surface area contributed by atoms with Crippen molar-refractivity contribution in [2.24, 2.45) is 0 Å². The molecule has 4 N–H and O–H groups in total. The molecule has 0 radical (unpaired) electrons. The summed E-state index contributed by atoms with van der Waals surface area (Å²) < 4.78 is 65.6. The van der Waals surface area contributed by atoms with Gasteiger partial charge in [-0.05, 0) is 37.5 Å². The number of carbonyl (C=O) groups is 2. The molecule has 0 aliphatic heterocycles. The number of anilines is 1. The topological polar surface area (TPSA) is 84.2 Å². The summed E-state index contributed by atoms with van der Waals surface area (Å²) in [4.78, 5) is 23.5. The molecule has 5 nitrogen and oxygen atoms in total. The number of amides is 2. The number of halogens is 5. The van der Waals surface area contributed by atoms with E-state index in [1.165, 1.54) is 37.3 Å². The molecule has 1 unspecified atom stereocenters.